The fraction of sp³-hybridized carbons (Fsp3) is 0.368. The summed E-state index contributed by atoms with van der Waals surface area (Å²) >= 11 is 6.33. The summed E-state index contributed by atoms with van der Waals surface area (Å²) in [6.07, 6.45) is 5.07. The molecule has 1 N–H and O–H groups in total. The van der Waals surface area contributed by atoms with E-state index in [1.54, 1.807) is 0 Å². The van der Waals surface area contributed by atoms with Gasteiger partial charge in [-0.2, -0.15) is 0 Å². The van der Waals surface area contributed by atoms with Gasteiger partial charge in [-0.1, -0.05) is 79.4 Å². The molecular weight excluding hydrogens is 280 g/mol. The maximum atomic E-state index is 11.1. The predicted octanol–water partition coefficient (Wildman–Crippen LogP) is 5.28. The molecule has 0 amide bonds. The van der Waals surface area contributed by atoms with E-state index in [4.69, 9.17) is 11.6 Å². The van der Waals surface area contributed by atoms with Crippen molar-refractivity contribution in [2.24, 2.45) is 0 Å². The van der Waals surface area contributed by atoms with E-state index in [-0.39, 0.29) is 5.41 Å². The van der Waals surface area contributed by atoms with Crippen molar-refractivity contribution in [1.29, 1.82) is 0 Å². The minimum absolute atomic E-state index is 0.204. The van der Waals surface area contributed by atoms with Crippen LogP contribution < -0.4 is 0 Å². The number of halogens is 1. The van der Waals surface area contributed by atoms with Crippen LogP contribution in [0.1, 0.15) is 49.3 Å². The molecule has 0 saturated heterocycles. The Hall–Kier alpha value is -1.31. The van der Waals surface area contributed by atoms with Crippen molar-refractivity contribution < 1.29 is 5.11 Å². The van der Waals surface area contributed by atoms with Gasteiger partial charge in [-0.05, 0) is 30.0 Å². The second-order valence-corrected chi connectivity index (χ2v) is 6.41. The Kier molecular flexibility index (Phi) is 4.32. The van der Waals surface area contributed by atoms with Gasteiger partial charge in [0.1, 0.15) is 0 Å². The van der Waals surface area contributed by atoms with Crippen molar-refractivity contribution in [1.82, 2.24) is 0 Å². The van der Waals surface area contributed by atoms with E-state index in [9.17, 15) is 5.11 Å². The van der Waals surface area contributed by atoms with Crippen LogP contribution in [0.25, 0.3) is 0 Å². The van der Waals surface area contributed by atoms with Gasteiger partial charge in [-0.3, -0.25) is 0 Å². The molecule has 2 heteroatoms. The lowest BCUT2D eigenvalue weighted by Crippen LogP contribution is -2.36. The molecule has 1 aliphatic carbocycles. The monoisotopic (exact) mass is 300 g/mol. The molecule has 0 radical (unpaired) electrons. The van der Waals surface area contributed by atoms with Crippen LogP contribution in [0, 0.1) is 0 Å². The van der Waals surface area contributed by atoms with Gasteiger partial charge in [0, 0.05) is 10.4 Å². The number of hydrogen-bond donors (Lipinski definition) is 1. The minimum atomic E-state index is -0.547. The molecule has 2 aromatic rings. The highest BCUT2D eigenvalue weighted by atomic mass is 35.5. The average Bonchev–Trinajstić information content (AvgIpc) is 2.56. The molecule has 1 fully saturated rings. The first-order valence-electron chi connectivity index (χ1n) is 7.72. The van der Waals surface area contributed by atoms with Crippen LogP contribution in [0.15, 0.2) is 54.6 Å². The minimum Gasteiger partial charge on any atom is -0.387 e. The van der Waals surface area contributed by atoms with Crippen molar-refractivity contribution in [3.05, 3.63) is 70.7 Å². The molecule has 1 atom stereocenters. The lowest BCUT2D eigenvalue weighted by atomic mass is 9.64. The fourth-order valence-corrected chi connectivity index (χ4v) is 3.91. The van der Waals surface area contributed by atoms with Crippen molar-refractivity contribution >= 4 is 11.6 Å². The van der Waals surface area contributed by atoms with Crippen LogP contribution in [-0.2, 0) is 5.41 Å². The first kappa shape index (κ1) is 14.6. The lowest BCUT2D eigenvalue weighted by Gasteiger charge is -2.42. The fourth-order valence-electron chi connectivity index (χ4n) is 3.67. The summed E-state index contributed by atoms with van der Waals surface area (Å²) in [6, 6.07) is 18.1. The Morgan fingerprint density at radius 1 is 0.857 bits per heavy atom. The molecule has 21 heavy (non-hydrogen) atoms. The first-order chi connectivity index (χ1) is 10.2. The third-order valence-electron chi connectivity index (χ3n) is 4.82. The van der Waals surface area contributed by atoms with Crippen molar-refractivity contribution in [2.75, 3.05) is 0 Å². The zero-order valence-electron chi connectivity index (χ0n) is 12.1. The highest BCUT2D eigenvalue weighted by Crippen LogP contribution is 2.49. The van der Waals surface area contributed by atoms with E-state index >= 15 is 0 Å². The normalized spacial score (nSPS) is 19.1. The molecule has 0 aliphatic heterocycles. The van der Waals surface area contributed by atoms with Crippen LogP contribution in [0.2, 0.25) is 5.02 Å². The first-order valence-corrected chi connectivity index (χ1v) is 8.10. The topological polar surface area (TPSA) is 20.2 Å². The van der Waals surface area contributed by atoms with Gasteiger partial charge in [-0.15, -0.1) is 0 Å². The summed E-state index contributed by atoms with van der Waals surface area (Å²) in [5.74, 6) is 0. The van der Waals surface area contributed by atoms with Gasteiger partial charge in [0.05, 0.1) is 6.10 Å². The summed E-state index contributed by atoms with van der Waals surface area (Å²) in [4.78, 5) is 0. The van der Waals surface area contributed by atoms with Crippen LogP contribution in [0.5, 0.6) is 0 Å². The zero-order chi connectivity index (χ0) is 14.7. The Balaban J connectivity index is 2.06. The standard InChI is InChI=1S/C19H21ClO/c20-17-12-6-5-11-16(17)18(21)19(13-7-2-8-14-19)15-9-3-1-4-10-15/h1,3-6,9-12,18,21H,2,7-8,13-14H2. The second-order valence-electron chi connectivity index (χ2n) is 6.01. The average molecular weight is 301 g/mol. The van der Waals surface area contributed by atoms with Crippen LogP contribution in [0.3, 0.4) is 0 Å². The molecule has 1 unspecified atom stereocenters. The molecular formula is C19H21ClO. The van der Waals surface area contributed by atoms with Crippen LogP contribution in [-0.4, -0.2) is 5.11 Å². The number of hydrogen-bond acceptors (Lipinski definition) is 1. The zero-order valence-corrected chi connectivity index (χ0v) is 12.9. The van der Waals surface area contributed by atoms with Crippen molar-refractivity contribution in [3.8, 4) is 0 Å². The maximum absolute atomic E-state index is 11.1. The van der Waals surface area contributed by atoms with Crippen LogP contribution in [0.4, 0.5) is 0 Å². The summed E-state index contributed by atoms with van der Waals surface area (Å²) < 4.78 is 0. The number of aliphatic hydroxyl groups is 1. The Morgan fingerprint density at radius 3 is 2.14 bits per heavy atom. The Morgan fingerprint density at radius 2 is 1.48 bits per heavy atom. The van der Waals surface area contributed by atoms with E-state index in [0.717, 1.165) is 31.2 Å². The van der Waals surface area contributed by atoms with Crippen LogP contribution >= 0.6 is 11.6 Å². The summed E-state index contributed by atoms with van der Waals surface area (Å²) in [7, 11) is 0. The van der Waals surface area contributed by atoms with Gasteiger partial charge < -0.3 is 5.11 Å². The summed E-state index contributed by atoms with van der Waals surface area (Å²) in [5, 5.41) is 11.8. The smallest absolute Gasteiger partial charge is 0.0900 e. The van der Waals surface area contributed by atoms with Gasteiger partial charge >= 0.3 is 0 Å². The Labute approximate surface area is 131 Å². The SMILES string of the molecule is OC(c1ccccc1Cl)C1(c2ccccc2)CCCCC1. The van der Waals surface area contributed by atoms with E-state index in [2.05, 4.69) is 24.3 Å². The largest absolute Gasteiger partial charge is 0.387 e. The molecule has 1 nitrogen and oxygen atoms in total. The molecule has 2 aromatic carbocycles. The number of rotatable bonds is 3. The summed E-state index contributed by atoms with van der Waals surface area (Å²) in [5.41, 5.74) is 1.88. The molecule has 1 aliphatic rings. The highest BCUT2D eigenvalue weighted by Gasteiger charge is 2.41. The molecule has 3 rings (SSSR count). The molecule has 0 aromatic heterocycles. The lowest BCUT2D eigenvalue weighted by molar-refractivity contribution is 0.0529. The third-order valence-corrected chi connectivity index (χ3v) is 5.16. The Bertz CT molecular complexity index is 588. The van der Waals surface area contributed by atoms with Gasteiger partial charge in [-0.25, -0.2) is 0 Å². The van der Waals surface area contributed by atoms with E-state index in [0.29, 0.717) is 5.02 Å². The highest BCUT2D eigenvalue weighted by molar-refractivity contribution is 6.31. The quantitative estimate of drug-likeness (QED) is 0.818. The van der Waals surface area contributed by atoms with Gasteiger partial charge in [0.15, 0.2) is 0 Å². The number of benzene rings is 2. The molecule has 1 saturated carbocycles. The van der Waals surface area contributed by atoms with Gasteiger partial charge in [0.25, 0.3) is 0 Å². The molecule has 0 spiro atoms. The second kappa shape index (κ2) is 6.21. The van der Waals surface area contributed by atoms with E-state index in [1.165, 1.54) is 12.0 Å². The van der Waals surface area contributed by atoms with Crippen molar-refractivity contribution in [2.45, 2.75) is 43.6 Å². The van der Waals surface area contributed by atoms with E-state index in [1.807, 2.05) is 30.3 Å². The molecule has 0 heterocycles. The summed E-state index contributed by atoms with van der Waals surface area (Å²) in [6.45, 7) is 0. The molecule has 0 bridgehead atoms. The van der Waals surface area contributed by atoms with E-state index < -0.39 is 6.10 Å². The van der Waals surface area contributed by atoms with Gasteiger partial charge in [0.2, 0.25) is 0 Å². The maximum Gasteiger partial charge on any atom is 0.0900 e. The number of aliphatic hydroxyl groups excluding tert-OH is 1. The predicted molar refractivity (Wildman–Crippen MR) is 87.6 cm³/mol. The third kappa shape index (κ3) is 2.73. The van der Waals surface area contributed by atoms with Crippen molar-refractivity contribution in [3.63, 3.8) is 0 Å². The molecule has 110 valence electrons.